The van der Waals surface area contributed by atoms with Gasteiger partial charge in [0, 0.05) is 62.9 Å². The minimum absolute atomic E-state index is 0.264. The molecule has 1 atom stereocenters. The van der Waals surface area contributed by atoms with Crippen LogP contribution in [0.1, 0.15) is 12.6 Å². The first-order valence-electron chi connectivity index (χ1n) is 13.0. The largest absolute Gasteiger partial charge is 0.378 e. The Bertz CT molecular complexity index is 1480. The molecule has 1 unspecified atom stereocenters. The van der Waals surface area contributed by atoms with Crippen LogP contribution in [0.4, 0.5) is 10.2 Å². The molecule has 4 aromatic rings. The Kier molecular flexibility index (Phi) is 6.64. The van der Waals surface area contributed by atoms with Gasteiger partial charge in [0.25, 0.3) is 0 Å². The lowest BCUT2D eigenvalue weighted by molar-refractivity contribution is -0.123. The van der Waals surface area contributed by atoms with Crippen molar-refractivity contribution in [1.29, 1.82) is 0 Å². The standard InChI is InChI=1S/C27H31FN8O2/c1-17(25(29)37)35-10-8-34(9-11-35)16-18-2-4-22-24(31-18)27(36-12-14-38-15-13-36)33-26(32-22)23-19-6-7-30-21(19)5-3-20(23)28/h2-7,17,30H,8-16H2,1H3,(H2,29,37). The van der Waals surface area contributed by atoms with Crippen LogP contribution in [0, 0.1) is 5.82 Å². The maximum atomic E-state index is 15.1. The zero-order chi connectivity index (χ0) is 26.2. The second kappa shape index (κ2) is 10.2. The summed E-state index contributed by atoms with van der Waals surface area (Å²) in [5.41, 5.74) is 8.99. The first-order chi connectivity index (χ1) is 18.5. The van der Waals surface area contributed by atoms with Gasteiger partial charge in [-0.25, -0.2) is 19.3 Å². The number of ether oxygens (including phenoxy) is 1. The molecular weight excluding hydrogens is 487 g/mol. The van der Waals surface area contributed by atoms with Gasteiger partial charge in [-0.3, -0.25) is 14.6 Å². The molecule has 0 spiro atoms. The van der Waals surface area contributed by atoms with E-state index in [0.717, 1.165) is 42.8 Å². The first kappa shape index (κ1) is 24.7. The van der Waals surface area contributed by atoms with Crippen LogP contribution < -0.4 is 10.6 Å². The molecule has 0 radical (unpaired) electrons. The van der Waals surface area contributed by atoms with Gasteiger partial charge in [-0.15, -0.1) is 0 Å². The molecule has 38 heavy (non-hydrogen) atoms. The monoisotopic (exact) mass is 518 g/mol. The van der Waals surface area contributed by atoms with E-state index in [1.54, 1.807) is 12.3 Å². The number of rotatable bonds is 6. The van der Waals surface area contributed by atoms with Crippen molar-refractivity contribution >= 4 is 33.7 Å². The average molecular weight is 519 g/mol. The summed E-state index contributed by atoms with van der Waals surface area (Å²) in [6.07, 6.45) is 1.79. The minimum Gasteiger partial charge on any atom is -0.378 e. The number of nitrogens with one attached hydrogen (secondary N) is 1. The van der Waals surface area contributed by atoms with Crippen LogP contribution in [0.15, 0.2) is 36.5 Å². The number of primary amides is 1. The number of aromatic nitrogens is 4. The number of hydrogen-bond acceptors (Lipinski definition) is 8. The van der Waals surface area contributed by atoms with Crippen LogP contribution in [0.2, 0.25) is 0 Å². The number of anilines is 1. The second-order valence-corrected chi connectivity index (χ2v) is 9.89. The predicted octanol–water partition coefficient (Wildman–Crippen LogP) is 2.14. The van der Waals surface area contributed by atoms with Crippen LogP contribution >= 0.6 is 0 Å². The van der Waals surface area contributed by atoms with E-state index in [1.807, 2.05) is 25.1 Å². The average Bonchev–Trinajstić information content (AvgIpc) is 3.42. The SMILES string of the molecule is CC(C(N)=O)N1CCN(Cc2ccc3nc(-c4c(F)ccc5[nH]ccc45)nc(N4CCOCC4)c3n2)CC1. The Hall–Kier alpha value is -3.67. The number of carbonyl (C=O) groups excluding carboxylic acids is 1. The van der Waals surface area contributed by atoms with Crippen LogP contribution in [-0.4, -0.2) is 94.2 Å². The molecule has 3 N–H and O–H groups in total. The summed E-state index contributed by atoms with van der Waals surface area (Å²) < 4.78 is 20.7. The molecule has 6 rings (SSSR count). The summed E-state index contributed by atoms with van der Waals surface area (Å²) in [5, 5.41) is 0.742. The van der Waals surface area contributed by atoms with E-state index < -0.39 is 0 Å². The number of fused-ring (bicyclic) bond motifs is 2. The molecule has 3 aromatic heterocycles. The molecular formula is C27H31FN8O2. The normalized spacial score (nSPS) is 18.3. The Morgan fingerprint density at radius 2 is 1.84 bits per heavy atom. The predicted molar refractivity (Wildman–Crippen MR) is 143 cm³/mol. The number of nitrogens with zero attached hydrogens (tertiary/aromatic N) is 6. The van der Waals surface area contributed by atoms with Gasteiger partial charge in [0.15, 0.2) is 11.6 Å². The van der Waals surface area contributed by atoms with E-state index >= 15 is 4.39 Å². The van der Waals surface area contributed by atoms with E-state index in [-0.39, 0.29) is 17.8 Å². The van der Waals surface area contributed by atoms with Gasteiger partial charge in [0.05, 0.1) is 36.0 Å². The molecule has 0 bridgehead atoms. The molecule has 2 saturated heterocycles. The molecule has 0 saturated carbocycles. The van der Waals surface area contributed by atoms with Gasteiger partial charge in [-0.05, 0) is 37.3 Å². The quantitative estimate of drug-likeness (QED) is 0.399. The van der Waals surface area contributed by atoms with Gasteiger partial charge >= 0.3 is 0 Å². The number of pyridine rings is 1. The van der Waals surface area contributed by atoms with E-state index in [4.69, 9.17) is 25.4 Å². The number of hydrogen-bond donors (Lipinski definition) is 2. The summed E-state index contributed by atoms with van der Waals surface area (Å²) >= 11 is 0. The second-order valence-electron chi connectivity index (χ2n) is 9.89. The van der Waals surface area contributed by atoms with Gasteiger partial charge < -0.3 is 20.4 Å². The third-order valence-corrected chi connectivity index (χ3v) is 7.55. The highest BCUT2D eigenvalue weighted by molar-refractivity contribution is 5.96. The molecule has 10 nitrogen and oxygen atoms in total. The maximum Gasteiger partial charge on any atom is 0.234 e. The van der Waals surface area contributed by atoms with Crippen molar-refractivity contribution in [2.75, 3.05) is 57.4 Å². The molecule has 198 valence electrons. The summed E-state index contributed by atoms with van der Waals surface area (Å²) in [7, 11) is 0. The fourth-order valence-corrected chi connectivity index (χ4v) is 5.29. The Morgan fingerprint density at radius 3 is 2.61 bits per heavy atom. The number of amides is 1. The molecule has 1 aromatic carbocycles. The van der Waals surface area contributed by atoms with Crippen molar-refractivity contribution in [3.8, 4) is 11.4 Å². The highest BCUT2D eigenvalue weighted by atomic mass is 19.1. The maximum absolute atomic E-state index is 15.1. The summed E-state index contributed by atoms with van der Waals surface area (Å²) in [6, 6.07) is 8.68. The number of morpholine rings is 1. The Balaban J connectivity index is 1.34. The number of carbonyl (C=O) groups is 1. The Morgan fingerprint density at radius 1 is 1.05 bits per heavy atom. The third kappa shape index (κ3) is 4.68. The number of piperazine rings is 1. The molecule has 2 aliphatic rings. The van der Waals surface area contributed by atoms with Gasteiger partial charge in [0.2, 0.25) is 5.91 Å². The van der Waals surface area contributed by atoms with Gasteiger partial charge in [0.1, 0.15) is 11.3 Å². The lowest BCUT2D eigenvalue weighted by Crippen LogP contribution is -2.52. The third-order valence-electron chi connectivity index (χ3n) is 7.55. The lowest BCUT2D eigenvalue weighted by atomic mass is 10.1. The van der Waals surface area contributed by atoms with Crippen LogP contribution in [0.5, 0.6) is 0 Å². The molecule has 0 aliphatic carbocycles. The number of H-pyrrole nitrogens is 1. The summed E-state index contributed by atoms with van der Waals surface area (Å²) in [4.78, 5) is 35.9. The van der Waals surface area contributed by atoms with Crippen molar-refractivity contribution in [2.24, 2.45) is 5.73 Å². The molecule has 11 heteroatoms. The van der Waals surface area contributed by atoms with Gasteiger partial charge in [-0.1, -0.05) is 0 Å². The minimum atomic E-state index is -0.362. The van der Waals surface area contributed by atoms with Crippen LogP contribution in [0.25, 0.3) is 33.3 Å². The van der Waals surface area contributed by atoms with Crippen molar-refractivity contribution in [1.82, 2.24) is 29.7 Å². The lowest BCUT2D eigenvalue weighted by Gasteiger charge is -2.36. The van der Waals surface area contributed by atoms with Crippen molar-refractivity contribution < 1.29 is 13.9 Å². The zero-order valence-electron chi connectivity index (χ0n) is 21.4. The zero-order valence-corrected chi connectivity index (χ0v) is 21.4. The molecule has 5 heterocycles. The van der Waals surface area contributed by atoms with E-state index in [1.165, 1.54) is 6.07 Å². The van der Waals surface area contributed by atoms with Crippen LogP contribution in [-0.2, 0) is 16.1 Å². The summed E-state index contributed by atoms with van der Waals surface area (Å²) in [6.45, 7) is 8.27. The smallest absolute Gasteiger partial charge is 0.234 e. The fourth-order valence-electron chi connectivity index (χ4n) is 5.29. The molecule has 2 aliphatic heterocycles. The van der Waals surface area contributed by atoms with Crippen molar-refractivity contribution in [3.63, 3.8) is 0 Å². The van der Waals surface area contributed by atoms with Crippen molar-refractivity contribution in [2.45, 2.75) is 19.5 Å². The topological polar surface area (TPSA) is 116 Å². The number of nitrogens with two attached hydrogens (primary N) is 1. The first-order valence-corrected chi connectivity index (χ1v) is 13.0. The number of aromatic amines is 1. The van der Waals surface area contributed by atoms with Gasteiger partial charge in [-0.2, -0.15) is 0 Å². The van der Waals surface area contributed by atoms with Crippen LogP contribution in [0.3, 0.4) is 0 Å². The Labute approximate surface area is 219 Å². The summed E-state index contributed by atoms with van der Waals surface area (Å²) in [5.74, 6) is 0.383. The van der Waals surface area contributed by atoms with E-state index in [9.17, 15) is 4.79 Å². The molecule has 1 amide bonds. The molecule has 2 fully saturated rings. The van der Waals surface area contributed by atoms with E-state index in [2.05, 4.69) is 19.7 Å². The number of benzene rings is 1. The number of halogens is 1. The highest BCUT2D eigenvalue weighted by Gasteiger charge is 2.25. The highest BCUT2D eigenvalue weighted by Crippen LogP contribution is 2.33. The van der Waals surface area contributed by atoms with Crippen molar-refractivity contribution in [3.05, 3.63) is 48.0 Å². The van der Waals surface area contributed by atoms with E-state index in [0.29, 0.717) is 61.1 Å². The fraction of sp³-hybridized carbons (Fsp3) is 0.407.